The molecule has 28 heavy (non-hydrogen) atoms. The zero-order chi connectivity index (χ0) is 19.7. The normalized spacial score (nSPS) is 18.1. The second kappa shape index (κ2) is 7.55. The molecule has 1 amide bonds. The van der Waals surface area contributed by atoms with Gasteiger partial charge in [0.15, 0.2) is 0 Å². The summed E-state index contributed by atoms with van der Waals surface area (Å²) in [5.41, 5.74) is 6.29. The molecule has 0 fully saturated rings. The zero-order valence-electron chi connectivity index (χ0n) is 15.8. The molecule has 2 atom stereocenters. The molecular weight excluding hydrogens is 374 g/mol. The summed E-state index contributed by atoms with van der Waals surface area (Å²) < 4.78 is 7.08. The highest BCUT2D eigenvalue weighted by atomic mass is 32.2. The molecule has 0 saturated heterocycles. The van der Waals surface area contributed by atoms with Gasteiger partial charge in [-0.25, -0.2) is 4.68 Å². The summed E-state index contributed by atoms with van der Waals surface area (Å²) in [5.74, 6) is 1.43. The van der Waals surface area contributed by atoms with Crippen molar-refractivity contribution >= 4 is 23.4 Å². The van der Waals surface area contributed by atoms with Gasteiger partial charge in [-0.15, -0.1) is 10.2 Å². The van der Waals surface area contributed by atoms with Crippen LogP contribution in [0.3, 0.4) is 0 Å². The molecule has 0 radical (unpaired) electrons. The largest absolute Gasteiger partial charge is 0.497 e. The molecule has 2 N–H and O–H groups in total. The number of anilines is 1. The van der Waals surface area contributed by atoms with Crippen molar-refractivity contribution in [3.05, 3.63) is 65.5 Å². The lowest BCUT2D eigenvalue weighted by molar-refractivity contribution is -0.116. The molecule has 0 spiro atoms. The molecule has 2 heterocycles. The van der Waals surface area contributed by atoms with Crippen molar-refractivity contribution in [2.45, 2.75) is 30.3 Å². The minimum atomic E-state index is -0.411. The van der Waals surface area contributed by atoms with E-state index in [1.165, 1.54) is 11.8 Å². The third-order valence-corrected chi connectivity index (χ3v) is 5.87. The van der Waals surface area contributed by atoms with Crippen LogP contribution in [0.15, 0.2) is 53.7 Å². The molecule has 1 aromatic heterocycles. The lowest BCUT2D eigenvalue weighted by Crippen LogP contribution is -2.41. The van der Waals surface area contributed by atoms with Gasteiger partial charge in [0, 0.05) is 5.69 Å². The van der Waals surface area contributed by atoms with Gasteiger partial charge >= 0.3 is 0 Å². The number of hydrogen-bond acceptors (Lipinski definition) is 6. The number of carbonyl (C=O) groups is 1. The number of benzene rings is 2. The fraction of sp³-hybridized carbons (Fsp3) is 0.250. The number of nitrogens with zero attached hydrogens (tertiary/aromatic N) is 3. The molecular formula is C20H21N5O2S. The van der Waals surface area contributed by atoms with Gasteiger partial charge in [0.2, 0.25) is 11.1 Å². The van der Waals surface area contributed by atoms with E-state index in [0.29, 0.717) is 5.16 Å². The van der Waals surface area contributed by atoms with Gasteiger partial charge in [0.1, 0.15) is 16.8 Å². The quantitative estimate of drug-likeness (QED) is 0.706. The number of ether oxygens (including phenoxy) is 1. The molecule has 2 aromatic carbocycles. The van der Waals surface area contributed by atoms with Gasteiger partial charge in [-0.2, -0.15) is 0 Å². The van der Waals surface area contributed by atoms with Crippen LogP contribution in [0.2, 0.25) is 0 Å². The number of methoxy groups -OCH3 is 1. The van der Waals surface area contributed by atoms with Gasteiger partial charge in [-0.05, 0) is 43.7 Å². The molecule has 4 rings (SSSR count). The van der Waals surface area contributed by atoms with Gasteiger partial charge < -0.3 is 15.5 Å². The van der Waals surface area contributed by atoms with Gasteiger partial charge in [0.05, 0.1) is 13.2 Å². The van der Waals surface area contributed by atoms with E-state index >= 15 is 0 Å². The number of hydrogen-bond donors (Lipinski definition) is 2. The van der Waals surface area contributed by atoms with Gasteiger partial charge in [-0.3, -0.25) is 4.79 Å². The lowest BCUT2D eigenvalue weighted by Gasteiger charge is -2.32. The average Bonchev–Trinajstić information content (AvgIpc) is 3.09. The highest BCUT2D eigenvalue weighted by Gasteiger charge is 2.37. The van der Waals surface area contributed by atoms with E-state index in [1.807, 2.05) is 67.1 Å². The molecule has 144 valence electrons. The number of carbonyl (C=O) groups excluding carboxylic acids is 1. The van der Waals surface area contributed by atoms with Crippen LogP contribution in [0.5, 0.6) is 5.75 Å². The molecule has 1 aliphatic rings. The van der Waals surface area contributed by atoms with Crippen LogP contribution in [0, 0.1) is 13.8 Å². The number of nitrogens with one attached hydrogen (secondary N) is 2. The standard InChI is InChI=1S/C20H21N5O2S/c1-12-4-8-15(9-5-12)21-19(26)18-17(14-6-10-16(27-3)11-7-14)24-25-13(2)22-23-20(25)28-18/h4-11,17-18,24H,1-3H3,(H,21,26). The van der Waals surface area contributed by atoms with Crippen molar-refractivity contribution in [2.75, 3.05) is 17.9 Å². The third-order valence-electron chi connectivity index (χ3n) is 4.65. The maximum Gasteiger partial charge on any atom is 0.240 e. The topological polar surface area (TPSA) is 81.1 Å². The van der Waals surface area contributed by atoms with Crippen LogP contribution in [0.4, 0.5) is 5.69 Å². The van der Waals surface area contributed by atoms with E-state index < -0.39 is 5.25 Å². The summed E-state index contributed by atoms with van der Waals surface area (Å²) in [5, 5.41) is 11.6. The Morgan fingerprint density at radius 3 is 2.50 bits per heavy atom. The minimum Gasteiger partial charge on any atom is -0.497 e. The smallest absolute Gasteiger partial charge is 0.240 e. The number of amides is 1. The maximum absolute atomic E-state index is 13.1. The SMILES string of the molecule is COc1ccc(C2Nn3c(C)nnc3SC2C(=O)Nc2ccc(C)cc2)cc1. The first-order valence-electron chi connectivity index (χ1n) is 8.92. The van der Waals surface area contributed by atoms with E-state index in [1.54, 1.807) is 7.11 Å². The first kappa shape index (κ1) is 18.4. The molecule has 8 heteroatoms. The number of rotatable bonds is 4. The van der Waals surface area contributed by atoms with E-state index in [4.69, 9.17) is 4.74 Å². The van der Waals surface area contributed by atoms with E-state index in [9.17, 15) is 4.79 Å². The Morgan fingerprint density at radius 1 is 1.11 bits per heavy atom. The Hall–Kier alpha value is -3.00. The number of fused-ring (bicyclic) bond motifs is 1. The lowest BCUT2D eigenvalue weighted by atomic mass is 10.0. The van der Waals surface area contributed by atoms with Crippen molar-refractivity contribution in [2.24, 2.45) is 0 Å². The summed E-state index contributed by atoms with van der Waals surface area (Å²) in [6.45, 7) is 3.89. The van der Waals surface area contributed by atoms with Crippen molar-refractivity contribution in [1.82, 2.24) is 14.9 Å². The number of aromatic nitrogens is 3. The van der Waals surface area contributed by atoms with Crippen molar-refractivity contribution in [3.63, 3.8) is 0 Å². The average molecular weight is 395 g/mol. The highest BCUT2D eigenvalue weighted by Crippen LogP contribution is 2.37. The summed E-state index contributed by atoms with van der Waals surface area (Å²) in [6.07, 6.45) is 0. The Kier molecular flexibility index (Phi) is 4.95. The number of thioether (sulfide) groups is 1. The number of aryl methyl sites for hydroxylation is 2. The zero-order valence-corrected chi connectivity index (χ0v) is 16.7. The van der Waals surface area contributed by atoms with Crippen LogP contribution in [-0.4, -0.2) is 33.1 Å². The fourth-order valence-corrected chi connectivity index (χ4v) is 4.20. The minimum absolute atomic E-state index is 0.0888. The van der Waals surface area contributed by atoms with Crippen LogP contribution in [0.1, 0.15) is 23.0 Å². The van der Waals surface area contributed by atoms with Gasteiger partial charge in [-0.1, -0.05) is 41.6 Å². The predicted molar refractivity (Wildman–Crippen MR) is 109 cm³/mol. The molecule has 2 unspecified atom stereocenters. The van der Waals surface area contributed by atoms with Crippen LogP contribution < -0.4 is 15.5 Å². The second-order valence-electron chi connectivity index (χ2n) is 6.64. The molecule has 3 aromatic rings. The summed E-state index contributed by atoms with van der Waals surface area (Å²) in [6, 6.07) is 15.2. The third kappa shape index (κ3) is 3.55. The van der Waals surface area contributed by atoms with E-state index in [-0.39, 0.29) is 11.9 Å². The maximum atomic E-state index is 13.1. The Bertz CT molecular complexity index is 985. The monoisotopic (exact) mass is 395 g/mol. The molecule has 1 aliphatic heterocycles. The van der Waals surface area contributed by atoms with Gasteiger partial charge in [0.25, 0.3) is 0 Å². The van der Waals surface area contributed by atoms with Crippen molar-refractivity contribution in [1.29, 1.82) is 0 Å². The molecule has 7 nitrogen and oxygen atoms in total. The summed E-state index contributed by atoms with van der Waals surface area (Å²) >= 11 is 1.40. The molecule has 0 bridgehead atoms. The molecule has 0 saturated carbocycles. The van der Waals surface area contributed by atoms with Crippen LogP contribution in [0.25, 0.3) is 0 Å². The first-order chi connectivity index (χ1) is 13.5. The highest BCUT2D eigenvalue weighted by molar-refractivity contribution is 8.00. The Balaban J connectivity index is 1.64. The fourth-order valence-electron chi connectivity index (χ4n) is 3.07. The summed E-state index contributed by atoms with van der Waals surface area (Å²) in [7, 11) is 1.63. The van der Waals surface area contributed by atoms with E-state index in [2.05, 4.69) is 20.9 Å². The van der Waals surface area contributed by atoms with Crippen LogP contribution >= 0.6 is 11.8 Å². The predicted octanol–water partition coefficient (Wildman–Crippen LogP) is 3.30. The summed E-state index contributed by atoms with van der Waals surface area (Å²) in [4.78, 5) is 13.1. The van der Waals surface area contributed by atoms with Crippen molar-refractivity contribution in [3.8, 4) is 5.75 Å². The Labute approximate surface area is 167 Å². The van der Waals surface area contributed by atoms with Crippen LogP contribution in [-0.2, 0) is 4.79 Å². The van der Waals surface area contributed by atoms with E-state index in [0.717, 1.165) is 28.4 Å². The molecule has 0 aliphatic carbocycles. The first-order valence-corrected chi connectivity index (χ1v) is 9.80. The Morgan fingerprint density at radius 2 is 1.82 bits per heavy atom. The van der Waals surface area contributed by atoms with Crippen molar-refractivity contribution < 1.29 is 9.53 Å². The second-order valence-corrected chi connectivity index (χ2v) is 7.75.